The number of fused-ring (bicyclic) bond motifs is 1. The van der Waals surface area contributed by atoms with Crippen molar-refractivity contribution in [3.63, 3.8) is 0 Å². The predicted octanol–water partition coefficient (Wildman–Crippen LogP) is 3.18. The number of amides is 1. The number of rotatable bonds is 4. The van der Waals surface area contributed by atoms with E-state index in [1.54, 1.807) is 12.0 Å². The van der Waals surface area contributed by atoms with Gasteiger partial charge in [0.1, 0.15) is 18.1 Å². The van der Waals surface area contributed by atoms with Crippen LogP contribution in [0.5, 0.6) is 11.5 Å². The molecule has 0 radical (unpaired) electrons. The largest absolute Gasteiger partial charge is 0.497 e. The maximum Gasteiger partial charge on any atom is 0.227 e. The van der Waals surface area contributed by atoms with E-state index in [0.29, 0.717) is 13.0 Å². The van der Waals surface area contributed by atoms with Gasteiger partial charge in [-0.25, -0.2) is 0 Å². The predicted molar refractivity (Wildman–Crippen MR) is 85.5 cm³/mol. The molecule has 1 amide bonds. The van der Waals surface area contributed by atoms with E-state index in [2.05, 4.69) is 0 Å². The molecule has 0 N–H and O–H groups in total. The van der Waals surface area contributed by atoms with Gasteiger partial charge >= 0.3 is 0 Å². The van der Waals surface area contributed by atoms with Crippen molar-refractivity contribution >= 4 is 11.6 Å². The molecule has 1 aliphatic rings. The zero-order valence-corrected chi connectivity index (χ0v) is 12.8. The van der Waals surface area contributed by atoms with Crippen LogP contribution in [0.2, 0.25) is 0 Å². The van der Waals surface area contributed by atoms with Gasteiger partial charge < -0.3 is 14.4 Å². The maximum absolute atomic E-state index is 11.7. The lowest BCUT2D eigenvalue weighted by Crippen LogP contribution is -2.30. The molecule has 0 aromatic heterocycles. The Labute approximate surface area is 130 Å². The highest BCUT2D eigenvalue weighted by molar-refractivity contribution is 5.95. The molecular weight excluding hydrogens is 278 g/mol. The minimum Gasteiger partial charge on any atom is -0.497 e. The molecule has 1 heterocycles. The first kappa shape index (κ1) is 14.4. The van der Waals surface area contributed by atoms with Gasteiger partial charge in [0.15, 0.2) is 0 Å². The number of hydrogen-bond donors (Lipinski definition) is 0. The third kappa shape index (κ3) is 2.91. The molecule has 0 atom stereocenters. The Kier molecular flexibility index (Phi) is 4.00. The second kappa shape index (κ2) is 6.10. The number of carbonyl (C=O) groups excluding carboxylic acids is 1. The van der Waals surface area contributed by atoms with Gasteiger partial charge in [0.25, 0.3) is 0 Å². The third-order valence-electron chi connectivity index (χ3n) is 3.96. The summed E-state index contributed by atoms with van der Waals surface area (Å²) in [4.78, 5) is 13.4. The third-order valence-corrected chi connectivity index (χ3v) is 3.96. The van der Waals surface area contributed by atoms with Crippen molar-refractivity contribution in [3.05, 3.63) is 53.6 Å². The van der Waals surface area contributed by atoms with Crippen molar-refractivity contribution < 1.29 is 14.3 Å². The van der Waals surface area contributed by atoms with Gasteiger partial charge in [-0.2, -0.15) is 0 Å². The monoisotopic (exact) mass is 297 g/mol. The molecule has 3 rings (SSSR count). The van der Waals surface area contributed by atoms with Crippen LogP contribution in [0.15, 0.2) is 42.5 Å². The van der Waals surface area contributed by atoms with E-state index in [0.717, 1.165) is 34.7 Å². The molecule has 0 saturated carbocycles. The van der Waals surface area contributed by atoms with Crippen LogP contribution < -0.4 is 14.4 Å². The van der Waals surface area contributed by atoms with Gasteiger partial charge in [0, 0.05) is 19.2 Å². The molecule has 4 nitrogen and oxygen atoms in total. The van der Waals surface area contributed by atoms with Crippen LogP contribution in [0.3, 0.4) is 0 Å². The molecule has 2 aromatic rings. The minimum atomic E-state index is 0.166. The summed E-state index contributed by atoms with van der Waals surface area (Å²) in [6.45, 7) is 0.511. The highest BCUT2D eigenvalue weighted by atomic mass is 16.5. The smallest absolute Gasteiger partial charge is 0.227 e. The van der Waals surface area contributed by atoms with Crippen LogP contribution >= 0.6 is 0 Å². The number of carbonyl (C=O) groups is 1. The van der Waals surface area contributed by atoms with Crippen LogP contribution in [0.25, 0.3) is 0 Å². The first-order chi connectivity index (χ1) is 10.7. The number of methoxy groups -OCH3 is 1. The van der Waals surface area contributed by atoms with Crippen molar-refractivity contribution in [1.29, 1.82) is 0 Å². The van der Waals surface area contributed by atoms with Crippen molar-refractivity contribution in [2.75, 3.05) is 19.1 Å². The second-order valence-corrected chi connectivity index (χ2v) is 5.38. The van der Waals surface area contributed by atoms with Crippen LogP contribution in [-0.2, 0) is 17.8 Å². The van der Waals surface area contributed by atoms with Crippen LogP contribution in [0.1, 0.15) is 17.5 Å². The fourth-order valence-electron chi connectivity index (χ4n) is 2.61. The van der Waals surface area contributed by atoms with E-state index in [9.17, 15) is 4.79 Å². The Morgan fingerprint density at radius 1 is 1.05 bits per heavy atom. The van der Waals surface area contributed by atoms with E-state index < -0.39 is 0 Å². The summed E-state index contributed by atoms with van der Waals surface area (Å²) in [6, 6.07) is 13.7. The molecule has 4 heteroatoms. The van der Waals surface area contributed by atoms with E-state index in [1.807, 2.05) is 49.5 Å². The van der Waals surface area contributed by atoms with Gasteiger partial charge in [-0.3, -0.25) is 4.79 Å². The number of anilines is 1. The normalized spacial score (nSPS) is 13.7. The lowest BCUT2D eigenvalue weighted by atomic mass is 10.0. The molecule has 0 saturated heterocycles. The zero-order valence-electron chi connectivity index (χ0n) is 12.8. The minimum absolute atomic E-state index is 0.166. The van der Waals surface area contributed by atoms with Crippen molar-refractivity contribution in [2.24, 2.45) is 0 Å². The number of hydrogen-bond acceptors (Lipinski definition) is 3. The van der Waals surface area contributed by atoms with Crippen LogP contribution in [-0.4, -0.2) is 20.1 Å². The summed E-state index contributed by atoms with van der Waals surface area (Å²) < 4.78 is 11.0. The maximum atomic E-state index is 11.7. The average Bonchev–Trinajstić information content (AvgIpc) is 2.57. The zero-order chi connectivity index (χ0) is 15.5. The van der Waals surface area contributed by atoms with E-state index >= 15 is 0 Å². The van der Waals surface area contributed by atoms with E-state index in [1.165, 1.54) is 0 Å². The van der Waals surface area contributed by atoms with Crippen molar-refractivity contribution in [1.82, 2.24) is 0 Å². The Morgan fingerprint density at radius 3 is 2.50 bits per heavy atom. The molecule has 0 fully saturated rings. The van der Waals surface area contributed by atoms with Crippen molar-refractivity contribution in [3.8, 4) is 11.5 Å². The summed E-state index contributed by atoms with van der Waals surface area (Å²) in [5.41, 5.74) is 3.23. The van der Waals surface area contributed by atoms with Gasteiger partial charge in [0.05, 0.1) is 7.11 Å². The quantitative estimate of drug-likeness (QED) is 0.870. The molecule has 0 aliphatic carbocycles. The SMILES string of the molecule is COc1ccc(COc2ccc3c(c2)CCC(=O)N3C)cc1. The Morgan fingerprint density at radius 2 is 1.77 bits per heavy atom. The van der Waals surface area contributed by atoms with Crippen molar-refractivity contribution in [2.45, 2.75) is 19.4 Å². The Hall–Kier alpha value is -2.49. The number of aryl methyl sites for hydroxylation is 1. The molecule has 0 unspecified atom stereocenters. The molecular formula is C18H19NO3. The topological polar surface area (TPSA) is 38.8 Å². The highest BCUT2D eigenvalue weighted by Crippen LogP contribution is 2.30. The molecule has 0 spiro atoms. The fourth-order valence-corrected chi connectivity index (χ4v) is 2.61. The summed E-state index contributed by atoms with van der Waals surface area (Å²) in [5.74, 6) is 1.84. The summed E-state index contributed by atoms with van der Waals surface area (Å²) in [6.07, 6.45) is 1.34. The summed E-state index contributed by atoms with van der Waals surface area (Å²) in [5, 5.41) is 0. The molecule has 22 heavy (non-hydrogen) atoms. The van der Waals surface area contributed by atoms with Gasteiger partial charge in [-0.1, -0.05) is 12.1 Å². The summed E-state index contributed by atoms with van der Waals surface area (Å²) >= 11 is 0. The number of benzene rings is 2. The molecule has 0 bridgehead atoms. The first-order valence-electron chi connectivity index (χ1n) is 7.32. The highest BCUT2D eigenvalue weighted by Gasteiger charge is 2.20. The number of ether oxygens (including phenoxy) is 2. The molecule has 1 aliphatic heterocycles. The Bertz CT molecular complexity index is 679. The average molecular weight is 297 g/mol. The molecule has 2 aromatic carbocycles. The molecule has 114 valence electrons. The van der Waals surface area contributed by atoms with Gasteiger partial charge in [0.2, 0.25) is 5.91 Å². The van der Waals surface area contributed by atoms with Crippen LogP contribution in [0.4, 0.5) is 5.69 Å². The fraction of sp³-hybridized carbons (Fsp3) is 0.278. The lowest BCUT2D eigenvalue weighted by Gasteiger charge is -2.26. The standard InChI is InChI=1S/C18H19NO3/c1-19-17-9-8-16(11-14(17)5-10-18(19)20)22-12-13-3-6-15(21-2)7-4-13/h3-4,6-9,11H,5,10,12H2,1-2H3. The van der Waals surface area contributed by atoms with Gasteiger partial charge in [-0.15, -0.1) is 0 Å². The summed E-state index contributed by atoms with van der Waals surface area (Å²) in [7, 11) is 3.47. The van der Waals surface area contributed by atoms with E-state index in [4.69, 9.17) is 9.47 Å². The Balaban J connectivity index is 1.69. The van der Waals surface area contributed by atoms with E-state index in [-0.39, 0.29) is 5.91 Å². The first-order valence-corrected chi connectivity index (χ1v) is 7.32. The number of nitrogens with zero attached hydrogens (tertiary/aromatic N) is 1. The van der Waals surface area contributed by atoms with Gasteiger partial charge in [-0.05, 0) is 47.9 Å². The lowest BCUT2D eigenvalue weighted by molar-refractivity contribution is -0.118. The van der Waals surface area contributed by atoms with Crippen LogP contribution in [0, 0.1) is 0 Å². The second-order valence-electron chi connectivity index (χ2n) is 5.38.